The molecule has 3 rings (SSSR count). The Morgan fingerprint density at radius 3 is 2.52 bits per heavy atom. The van der Waals surface area contributed by atoms with E-state index in [9.17, 15) is 14.8 Å². The summed E-state index contributed by atoms with van der Waals surface area (Å²) in [4.78, 5) is 30.9. The Morgan fingerprint density at radius 2 is 1.87 bits per heavy atom. The van der Waals surface area contributed by atoms with Gasteiger partial charge in [0, 0.05) is 31.0 Å². The predicted octanol–water partition coefficient (Wildman–Crippen LogP) is 3.61. The summed E-state index contributed by atoms with van der Waals surface area (Å²) in [7, 11) is 0. The molecule has 2 amide bonds. The maximum atomic E-state index is 12.6. The van der Waals surface area contributed by atoms with Crippen molar-refractivity contribution in [2.24, 2.45) is 0 Å². The standard InChI is InChI=1S/C23H30N4O4/c1-23(2,3)31-22(29)25-18-10-13-26(14-11-18)19-9-12-24-20(15-19)21(28)27(30)16-17-7-5-4-6-8-17/h4-9,12,15,18,30H,10-11,13-14,16H2,1-3H3,(H,25,29). The number of alkyl carbamates (subject to hydrolysis) is 1. The van der Waals surface area contributed by atoms with Crippen molar-refractivity contribution in [1.29, 1.82) is 0 Å². The van der Waals surface area contributed by atoms with Gasteiger partial charge < -0.3 is 15.0 Å². The molecular formula is C23H30N4O4. The van der Waals surface area contributed by atoms with Gasteiger partial charge in [0.2, 0.25) is 0 Å². The topological polar surface area (TPSA) is 95.0 Å². The minimum atomic E-state index is -0.549. The number of nitrogens with one attached hydrogen (secondary N) is 1. The maximum absolute atomic E-state index is 12.6. The first-order valence-corrected chi connectivity index (χ1v) is 10.5. The Labute approximate surface area is 182 Å². The molecule has 1 saturated heterocycles. The van der Waals surface area contributed by atoms with Crippen LogP contribution >= 0.6 is 0 Å². The van der Waals surface area contributed by atoms with E-state index in [1.54, 1.807) is 12.3 Å². The molecule has 0 atom stereocenters. The number of nitrogens with zero attached hydrogens (tertiary/aromatic N) is 3. The minimum absolute atomic E-state index is 0.0489. The van der Waals surface area contributed by atoms with Crippen molar-refractivity contribution in [3.05, 3.63) is 59.9 Å². The van der Waals surface area contributed by atoms with Crippen molar-refractivity contribution < 1.29 is 19.5 Å². The lowest BCUT2D eigenvalue weighted by atomic mass is 10.0. The number of hydrogen-bond donors (Lipinski definition) is 2. The Hall–Kier alpha value is -3.13. The molecule has 2 aromatic rings. The molecule has 0 aliphatic carbocycles. The molecule has 1 fully saturated rings. The number of carbonyl (C=O) groups is 2. The molecule has 166 valence electrons. The van der Waals surface area contributed by atoms with Gasteiger partial charge in [0.1, 0.15) is 11.3 Å². The number of anilines is 1. The van der Waals surface area contributed by atoms with Gasteiger partial charge in [0.25, 0.3) is 5.91 Å². The third-order valence-corrected chi connectivity index (χ3v) is 4.95. The molecule has 1 aliphatic rings. The lowest BCUT2D eigenvalue weighted by molar-refractivity contribution is -0.0652. The highest BCUT2D eigenvalue weighted by Crippen LogP contribution is 2.21. The second kappa shape index (κ2) is 9.78. The number of piperidine rings is 1. The van der Waals surface area contributed by atoms with Crippen LogP contribution in [0.3, 0.4) is 0 Å². The van der Waals surface area contributed by atoms with Crippen molar-refractivity contribution in [3.8, 4) is 0 Å². The molecule has 2 N–H and O–H groups in total. The molecular weight excluding hydrogens is 396 g/mol. The number of hydroxylamine groups is 2. The third-order valence-electron chi connectivity index (χ3n) is 4.95. The van der Waals surface area contributed by atoms with Gasteiger partial charge in [-0.25, -0.2) is 9.86 Å². The van der Waals surface area contributed by atoms with Crippen LogP contribution in [0.5, 0.6) is 0 Å². The van der Waals surface area contributed by atoms with Gasteiger partial charge >= 0.3 is 6.09 Å². The minimum Gasteiger partial charge on any atom is -0.444 e. The van der Waals surface area contributed by atoms with E-state index in [1.807, 2.05) is 57.2 Å². The third kappa shape index (κ3) is 6.68. The first kappa shape index (κ1) is 22.6. The van der Waals surface area contributed by atoms with E-state index in [-0.39, 0.29) is 18.3 Å². The van der Waals surface area contributed by atoms with Crippen LogP contribution < -0.4 is 10.2 Å². The normalized spacial score (nSPS) is 14.8. The SMILES string of the molecule is CC(C)(C)OC(=O)NC1CCN(c2ccnc(C(=O)N(O)Cc3ccccc3)c2)CC1. The smallest absolute Gasteiger partial charge is 0.407 e. The average molecular weight is 427 g/mol. The zero-order valence-corrected chi connectivity index (χ0v) is 18.2. The Kier molecular flexibility index (Phi) is 7.12. The number of pyridine rings is 1. The van der Waals surface area contributed by atoms with E-state index in [0.717, 1.165) is 37.2 Å². The molecule has 0 radical (unpaired) electrons. The predicted molar refractivity (Wildman–Crippen MR) is 117 cm³/mol. The van der Waals surface area contributed by atoms with Crippen LogP contribution in [0.2, 0.25) is 0 Å². The van der Waals surface area contributed by atoms with Gasteiger partial charge in [0.15, 0.2) is 0 Å². The molecule has 1 aromatic carbocycles. The summed E-state index contributed by atoms with van der Waals surface area (Å²) in [6.45, 7) is 7.06. The lowest BCUT2D eigenvalue weighted by Crippen LogP contribution is -2.46. The second-order valence-corrected chi connectivity index (χ2v) is 8.66. The summed E-state index contributed by atoms with van der Waals surface area (Å²) < 4.78 is 5.32. The highest BCUT2D eigenvalue weighted by atomic mass is 16.6. The fourth-order valence-corrected chi connectivity index (χ4v) is 3.45. The Morgan fingerprint density at radius 1 is 1.19 bits per heavy atom. The highest BCUT2D eigenvalue weighted by molar-refractivity contribution is 5.92. The van der Waals surface area contributed by atoms with Crippen molar-refractivity contribution in [2.45, 2.75) is 51.8 Å². The average Bonchev–Trinajstić information content (AvgIpc) is 2.73. The highest BCUT2D eigenvalue weighted by Gasteiger charge is 2.24. The molecule has 8 nitrogen and oxygen atoms in total. The fourth-order valence-electron chi connectivity index (χ4n) is 3.45. The summed E-state index contributed by atoms with van der Waals surface area (Å²) in [6.07, 6.45) is 2.71. The first-order chi connectivity index (χ1) is 14.7. The summed E-state index contributed by atoms with van der Waals surface area (Å²) in [6, 6.07) is 12.9. The molecule has 1 aromatic heterocycles. The van der Waals surface area contributed by atoms with Gasteiger partial charge in [-0.05, 0) is 51.3 Å². The number of ether oxygens (including phenoxy) is 1. The van der Waals surface area contributed by atoms with E-state index in [1.165, 1.54) is 0 Å². The maximum Gasteiger partial charge on any atom is 0.407 e. The molecule has 0 spiro atoms. The molecule has 8 heteroatoms. The van der Waals surface area contributed by atoms with E-state index in [0.29, 0.717) is 5.06 Å². The number of aromatic nitrogens is 1. The monoisotopic (exact) mass is 426 g/mol. The van der Waals surface area contributed by atoms with Crippen LogP contribution in [0.25, 0.3) is 0 Å². The summed E-state index contributed by atoms with van der Waals surface area (Å²) >= 11 is 0. The number of benzene rings is 1. The van der Waals surface area contributed by atoms with Crippen molar-refractivity contribution in [1.82, 2.24) is 15.4 Å². The molecule has 0 saturated carbocycles. The van der Waals surface area contributed by atoms with Gasteiger partial charge in [-0.2, -0.15) is 0 Å². The van der Waals surface area contributed by atoms with Crippen LogP contribution in [-0.4, -0.2) is 52.0 Å². The molecule has 31 heavy (non-hydrogen) atoms. The quantitative estimate of drug-likeness (QED) is 0.560. The van der Waals surface area contributed by atoms with E-state index < -0.39 is 17.6 Å². The largest absolute Gasteiger partial charge is 0.444 e. The molecule has 0 bridgehead atoms. The summed E-state index contributed by atoms with van der Waals surface area (Å²) in [5.74, 6) is -0.549. The van der Waals surface area contributed by atoms with Gasteiger partial charge in [0.05, 0.1) is 6.54 Å². The number of hydrogen-bond acceptors (Lipinski definition) is 6. The number of rotatable bonds is 5. The molecule has 1 aliphatic heterocycles. The van der Waals surface area contributed by atoms with Crippen LogP contribution in [0.15, 0.2) is 48.7 Å². The lowest BCUT2D eigenvalue weighted by Gasteiger charge is -2.34. The second-order valence-electron chi connectivity index (χ2n) is 8.66. The Bertz CT molecular complexity index is 890. The van der Waals surface area contributed by atoms with Crippen LogP contribution in [-0.2, 0) is 11.3 Å². The van der Waals surface area contributed by atoms with Crippen molar-refractivity contribution in [3.63, 3.8) is 0 Å². The van der Waals surface area contributed by atoms with Crippen molar-refractivity contribution >= 4 is 17.7 Å². The van der Waals surface area contributed by atoms with Gasteiger partial charge in [-0.1, -0.05) is 30.3 Å². The van der Waals surface area contributed by atoms with Gasteiger partial charge in [-0.3, -0.25) is 15.0 Å². The van der Waals surface area contributed by atoms with Crippen LogP contribution in [0, 0.1) is 0 Å². The molecule has 0 unspecified atom stereocenters. The first-order valence-electron chi connectivity index (χ1n) is 10.5. The van der Waals surface area contributed by atoms with Crippen LogP contribution in [0.1, 0.15) is 49.7 Å². The number of amides is 2. The summed E-state index contributed by atoms with van der Waals surface area (Å²) in [5, 5.41) is 13.8. The van der Waals surface area contributed by atoms with E-state index in [2.05, 4.69) is 15.2 Å². The summed E-state index contributed by atoms with van der Waals surface area (Å²) in [5.41, 5.74) is 1.35. The molecule has 2 heterocycles. The van der Waals surface area contributed by atoms with E-state index >= 15 is 0 Å². The zero-order valence-electron chi connectivity index (χ0n) is 18.2. The Balaban J connectivity index is 1.56. The number of carbonyl (C=O) groups excluding carboxylic acids is 2. The fraction of sp³-hybridized carbons (Fsp3) is 0.435. The zero-order chi connectivity index (χ0) is 22.4. The van der Waals surface area contributed by atoms with Gasteiger partial charge in [-0.15, -0.1) is 0 Å². The van der Waals surface area contributed by atoms with Crippen LogP contribution in [0.4, 0.5) is 10.5 Å². The van der Waals surface area contributed by atoms with Crippen molar-refractivity contribution in [2.75, 3.05) is 18.0 Å². The van der Waals surface area contributed by atoms with E-state index in [4.69, 9.17) is 4.74 Å².